The molecule has 2 aliphatic rings. The predicted molar refractivity (Wildman–Crippen MR) is 99.9 cm³/mol. The van der Waals surface area contributed by atoms with E-state index in [2.05, 4.69) is 5.32 Å². The molecule has 2 amide bonds. The van der Waals surface area contributed by atoms with Crippen molar-refractivity contribution >= 4 is 21.8 Å². The van der Waals surface area contributed by atoms with Gasteiger partial charge >= 0.3 is 0 Å². The summed E-state index contributed by atoms with van der Waals surface area (Å²) in [4.78, 5) is 26.0. The van der Waals surface area contributed by atoms with Gasteiger partial charge in [-0.25, -0.2) is 12.7 Å². The van der Waals surface area contributed by atoms with E-state index in [0.717, 1.165) is 32.1 Å². The smallest absolute Gasteiger partial charge is 0.222 e. The van der Waals surface area contributed by atoms with E-state index >= 15 is 0 Å². The molecule has 2 saturated heterocycles. The van der Waals surface area contributed by atoms with Gasteiger partial charge in [-0.1, -0.05) is 0 Å². The molecule has 0 aromatic heterocycles. The number of rotatable bonds is 9. The second-order valence-electron chi connectivity index (χ2n) is 7.11. The highest BCUT2D eigenvalue weighted by Crippen LogP contribution is 2.19. The summed E-state index contributed by atoms with van der Waals surface area (Å²) in [5, 5.41) is 2.84. The lowest BCUT2D eigenvalue weighted by atomic mass is 10.0. The zero-order valence-electron chi connectivity index (χ0n) is 15.5. The SMILES string of the molecule is NCCC(=O)NCC1CCCCN1C(=O)CCCS(=O)(=O)N1CCCC1. The molecule has 8 nitrogen and oxygen atoms in total. The highest BCUT2D eigenvalue weighted by atomic mass is 32.2. The summed E-state index contributed by atoms with van der Waals surface area (Å²) in [6, 6.07) is -0.00633. The minimum atomic E-state index is -3.23. The van der Waals surface area contributed by atoms with E-state index in [9.17, 15) is 18.0 Å². The van der Waals surface area contributed by atoms with E-state index in [1.54, 1.807) is 0 Å². The lowest BCUT2D eigenvalue weighted by Crippen LogP contribution is -2.49. The van der Waals surface area contributed by atoms with E-state index in [4.69, 9.17) is 5.73 Å². The van der Waals surface area contributed by atoms with Gasteiger partial charge in [0.1, 0.15) is 0 Å². The highest BCUT2D eigenvalue weighted by molar-refractivity contribution is 7.89. The average Bonchev–Trinajstić information content (AvgIpc) is 3.16. The van der Waals surface area contributed by atoms with Gasteiger partial charge in [-0.2, -0.15) is 0 Å². The topological polar surface area (TPSA) is 113 Å². The van der Waals surface area contributed by atoms with Crippen molar-refractivity contribution in [3.8, 4) is 0 Å². The molecular weight excluding hydrogens is 356 g/mol. The fourth-order valence-electron chi connectivity index (χ4n) is 3.64. The number of carbonyl (C=O) groups excluding carboxylic acids is 2. The Hall–Kier alpha value is -1.19. The van der Waals surface area contributed by atoms with Crippen molar-refractivity contribution < 1.29 is 18.0 Å². The fourth-order valence-corrected chi connectivity index (χ4v) is 5.22. The zero-order chi connectivity index (χ0) is 19.0. The number of sulfonamides is 1. The number of piperidine rings is 1. The summed E-state index contributed by atoms with van der Waals surface area (Å²) in [5.41, 5.74) is 5.37. The van der Waals surface area contributed by atoms with Crippen molar-refractivity contribution in [3.05, 3.63) is 0 Å². The lowest BCUT2D eigenvalue weighted by molar-refractivity contribution is -0.135. The van der Waals surface area contributed by atoms with Crippen LogP contribution in [0.15, 0.2) is 0 Å². The fraction of sp³-hybridized carbons (Fsp3) is 0.882. The molecule has 0 saturated carbocycles. The summed E-state index contributed by atoms with van der Waals surface area (Å²) in [6.45, 7) is 2.64. The molecule has 0 spiro atoms. The molecule has 9 heteroatoms. The Kier molecular flexibility index (Phi) is 8.30. The molecule has 150 valence electrons. The maximum Gasteiger partial charge on any atom is 0.222 e. The largest absolute Gasteiger partial charge is 0.354 e. The van der Waals surface area contributed by atoms with Gasteiger partial charge < -0.3 is 16.0 Å². The number of likely N-dealkylation sites (tertiary alicyclic amines) is 1. The maximum absolute atomic E-state index is 12.6. The first-order valence-electron chi connectivity index (χ1n) is 9.68. The normalized spacial score (nSPS) is 21.7. The molecule has 2 rings (SSSR count). The van der Waals surface area contributed by atoms with Crippen LogP contribution in [-0.4, -0.2) is 74.0 Å². The molecule has 2 fully saturated rings. The Balaban J connectivity index is 1.79. The second kappa shape index (κ2) is 10.2. The van der Waals surface area contributed by atoms with Gasteiger partial charge in [-0.05, 0) is 38.5 Å². The first-order chi connectivity index (χ1) is 12.4. The number of hydrogen-bond donors (Lipinski definition) is 2. The molecule has 26 heavy (non-hydrogen) atoms. The van der Waals surface area contributed by atoms with Crippen LogP contribution in [0.2, 0.25) is 0 Å². The molecule has 2 aliphatic heterocycles. The molecular formula is C17H32N4O4S. The summed E-state index contributed by atoms with van der Waals surface area (Å²) in [5.74, 6) is -0.0774. The molecule has 0 aromatic rings. The van der Waals surface area contributed by atoms with Crippen LogP contribution in [-0.2, 0) is 19.6 Å². The molecule has 1 atom stereocenters. The molecule has 2 heterocycles. The van der Waals surface area contributed by atoms with E-state index < -0.39 is 10.0 Å². The van der Waals surface area contributed by atoms with Crippen LogP contribution in [0.4, 0.5) is 0 Å². The predicted octanol–water partition coefficient (Wildman–Crippen LogP) is 0.0383. The van der Waals surface area contributed by atoms with Gasteiger partial charge in [0.25, 0.3) is 0 Å². The average molecular weight is 389 g/mol. The van der Waals surface area contributed by atoms with Gasteiger partial charge in [-0.15, -0.1) is 0 Å². The van der Waals surface area contributed by atoms with Crippen LogP contribution in [0.25, 0.3) is 0 Å². The molecule has 1 unspecified atom stereocenters. The maximum atomic E-state index is 12.6. The monoisotopic (exact) mass is 388 g/mol. The summed E-state index contributed by atoms with van der Waals surface area (Å²) < 4.78 is 26.0. The van der Waals surface area contributed by atoms with Crippen LogP contribution in [0.3, 0.4) is 0 Å². The first kappa shape index (κ1) is 21.1. The van der Waals surface area contributed by atoms with Gasteiger partial charge in [0.15, 0.2) is 0 Å². The highest BCUT2D eigenvalue weighted by Gasteiger charge is 2.28. The molecule has 3 N–H and O–H groups in total. The Morgan fingerprint density at radius 3 is 2.42 bits per heavy atom. The van der Waals surface area contributed by atoms with E-state index in [1.165, 1.54) is 4.31 Å². The molecule has 0 bridgehead atoms. The standard InChI is InChI=1S/C17H32N4O4S/c18-9-8-16(22)19-14-15-6-1-2-12-21(15)17(23)7-5-13-26(24,25)20-10-3-4-11-20/h15H,1-14,18H2,(H,19,22). The van der Waals surface area contributed by atoms with Crippen LogP contribution in [0.1, 0.15) is 51.4 Å². The van der Waals surface area contributed by atoms with Crippen LogP contribution in [0.5, 0.6) is 0 Å². The van der Waals surface area contributed by atoms with Gasteiger partial charge in [0.2, 0.25) is 21.8 Å². The minimum Gasteiger partial charge on any atom is -0.354 e. The Labute approximate surface area is 156 Å². The third kappa shape index (κ3) is 6.21. The molecule has 0 aliphatic carbocycles. The lowest BCUT2D eigenvalue weighted by Gasteiger charge is -2.36. The number of hydrogen-bond acceptors (Lipinski definition) is 5. The van der Waals surface area contributed by atoms with E-state index in [0.29, 0.717) is 39.1 Å². The number of nitrogens with one attached hydrogen (secondary N) is 1. The van der Waals surface area contributed by atoms with Crippen molar-refractivity contribution in [3.63, 3.8) is 0 Å². The Morgan fingerprint density at radius 1 is 1.04 bits per heavy atom. The van der Waals surface area contributed by atoms with Crippen molar-refractivity contribution in [2.75, 3.05) is 38.5 Å². The van der Waals surface area contributed by atoms with Crippen LogP contribution < -0.4 is 11.1 Å². The van der Waals surface area contributed by atoms with E-state index in [-0.39, 0.29) is 36.5 Å². The summed E-state index contributed by atoms with van der Waals surface area (Å²) >= 11 is 0. The van der Waals surface area contributed by atoms with Crippen LogP contribution in [0, 0.1) is 0 Å². The third-order valence-corrected chi connectivity index (χ3v) is 7.06. The number of nitrogens with zero attached hydrogens (tertiary/aromatic N) is 2. The zero-order valence-corrected chi connectivity index (χ0v) is 16.3. The number of amides is 2. The Bertz CT molecular complexity index is 575. The molecule has 0 aromatic carbocycles. The number of carbonyl (C=O) groups is 2. The van der Waals surface area contributed by atoms with Crippen molar-refractivity contribution in [1.82, 2.24) is 14.5 Å². The van der Waals surface area contributed by atoms with E-state index in [1.807, 2.05) is 4.90 Å². The minimum absolute atomic E-state index is 0.00633. The first-order valence-corrected chi connectivity index (χ1v) is 11.3. The quantitative estimate of drug-likeness (QED) is 0.579. The van der Waals surface area contributed by atoms with Crippen LogP contribution >= 0.6 is 0 Å². The summed E-state index contributed by atoms with van der Waals surface area (Å²) in [7, 11) is -3.23. The number of nitrogens with two attached hydrogens (primary N) is 1. The molecule has 0 radical (unpaired) electrons. The van der Waals surface area contributed by atoms with Crippen molar-refractivity contribution in [2.24, 2.45) is 5.73 Å². The van der Waals surface area contributed by atoms with Gasteiger partial charge in [-0.3, -0.25) is 9.59 Å². The third-order valence-electron chi connectivity index (χ3n) is 5.11. The summed E-state index contributed by atoms with van der Waals surface area (Å²) in [6.07, 6.45) is 5.55. The van der Waals surface area contributed by atoms with Crippen molar-refractivity contribution in [2.45, 2.75) is 57.4 Å². The van der Waals surface area contributed by atoms with Crippen molar-refractivity contribution in [1.29, 1.82) is 0 Å². The van der Waals surface area contributed by atoms with Gasteiger partial charge in [0.05, 0.1) is 5.75 Å². The second-order valence-corrected chi connectivity index (χ2v) is 9.19. The Morgan fingerprint density at radius 2 is 1.73 bits per heavy atom. The van der Waals surface area contributed by atoms with Gasteiger partial charge in [0, 0.05) is 51.6 Å².